The fraction of sp³-hybridized carbons (Fsp3) is 0.176. The monoisotopic (exact) mass is 284 g/mol. The molecule has 0 heterocycles. The van der Waals surface area contributed by atoms with Gasteiger partial charge in [0.25, 0.3) is 0 Å². The van der Waals surface area contributed by atoms with Crippen LogP contribution < -0.4 is 0 Å². The molecule has 1 N–H and O–H groups in total. The molecular formula is C17H16O4. The number of aromatic hydroxyl groups is 1. The van der Waals surface area contributed by atoms with Crippen molar-refractivity contribution in [3.63, 3.8) is 0 Å². The molecule has 0 amide bonds. The van der Waals surface area contributed by atoms with E-state index in [4.69, 9.17) is 4.74 Å². The smallest absolute Gasteiger partial charge is 0.338 e. The third-order valence-electron chi connectivity index (χ3n) is 3.07. The van der Waals surface area contributed by atoms with E-state index in [9.17, 15) is 14.7 Å². The molecule has 4 heteroatoms. The van der Waals surface area contributed by atoms with Crippen molar-refractivity contribution in [3.05, 3.63) is 65.2 Å². The van der Waals surface area contributed by atoms with Gasteiger partial charge >= 0.3 is 5.97 Å². The van der Waals surface area contributed by atoms with Gasteiger partial charge in [0.1, 0.15) is 5.75 Å². The van der Waals surface area contributed by atoms with Gasteiger partial charge in [0.05, 0.1) is 5.56 Å². The number of esters is 1. The summed E-state index contributed by atoms with van der Waals surface area (Å²) in [5.41, 5.74) is 1.76. The normalized spacial score (nSPS) is 11.7. The molecule has 1 unspecified atom stereocenters. The van der Waals surface area contributed by atoms with Crippen LogP contribution in [0.4, 0.5) is 0 Å². The first-order chi connectivity index (χ1) is 9.97. The lowest BCUT2D eigenvalue weighted by Crippen LogP contribution is -2.24. The molecule has 108 valence electrons. The number of phenols is 1. The van der Waals surface area contributed by atoms with E-state index in [0.29, 0.717) is 5.56 Å². The van der Waals surface area contributed by atoms with Crippen LogP contribution in [0, 0.1) is 6.92 Å². The first-order valence-corrected chi connectivity index (χ1v) is 6.58. The van der Waals surface area contributed by atoms with Gasteiger partial charge in [0, 0.05) is 5.56 Å². The van der Waals surface area contributed by atoms with Gasteiger partial charge in [-0.1, -0.05) is 35.9 Å². The van der Waals surface area contributed by atoms with Crippen LogP contribution in [0.25, 0.3) is 0 Å². The minimum Gasteiger partial charge on any atom is -0.508 e. The van der Waals surface area contributed by atoms with Crippen molar-refractivity contribution in [1.29, 1.82) is 0 Å². The van der Waals surface area contributed by atoms with Crippen molar-refractivity contribution < 1.29 is 19.4 Å². The zero-order chi connectivity index (χ0) is 15.4. The van der Waals surface area contributed by atoms with Crippen LogP contribution in [-0.4, -0.2) is 23.0 Å². The Morgan fingerprint density at radius 2 is 1.71 bits per heavy atom. The van der Waals surface area contributed by atoms with Gasteiger partial charge in [-0.2, -0.15) is 0 Å². The zero-order valence-corrected chi connectivity index (χ0v) is 11.9. The molecule has 0 radical (unpaired) electrons. The summed E-state index contributed by atoms with van der Waals surface area (Å²) in [7, 11) is 0. The van der Waals surface area contributed by atoms with Crippen LogP contribution in [0.5, 0.6) is 5.75 Å². The Labute approximate surface area is 123 Å². The molecule has 0 saturated carbocycles. The van der Waals surface area contributed by atoms with E-state index in [2.05, 4.69) is 0 Å². The second-order valence-electron chi connectivity index (χ2n) is 4.83. The predicted octanol–water partition coefficient (Wildman–Crippen LogP) is 3.13. The Morgan fingerprint density at radius 3 is 2.33 bits per heavy atom. The summed E-state index contributed by atoms with van der Waals surface area (Å²) in [6, 6.07) is 12.9. The fourth-order valence-corrected chi connectivity index (χ4v) is 1.87. The summed E-state index contributed by atoms with van der Waals surface area (Å²) in [5, 5.41) is 9.33. The van der Waals surface area contributed by atoms with Crippen molar-refractivity contribution in [2.24, 2.45) is 0 Å². The summed E-state index contributed by atoms with van der Waals surface area (Å²) >= 11 is 0. The van der Waals surface area contributed by atoms with Crippen LogP contribution in [-0.2, 0) is 4.74 Å². The Hall–Kier alpha value is -2.62. The SMILES string of the molecule is Cc1ccc(C(=O)C(C)OC(=O)c2cccc(O)c2)cc1. The quantitative estimate of drug-likeness (QED) is 0.692. The molecule has 0 saturated heterocycles. The van der Waals surface area contributed by atoms with E-state index in [-0.39, 0.29) is 17.1 Å². The highest BCUT2D eigenvalue weighted by Gasteiger charge is 2.20. The minimum absolute atomic E-state index is 0.0260. The maximum atomic E-state index is 12.2. The lowest BCUT2D eigenvalue weighted by atomic mass is 10.1. The second-order valence-corrected chi connectivity index (χ2v) is 4.83. The Bertz CT molecular complexity index is 659. The lowest BCUT2D eigenvalue weighted by molar-refractivity contribution is 0.0318. The molecule has 2 aromatic rings. The number of ether oxygens (including phenoxy) is 1. The summed E-state index contributed by atoms with van der Waals surface area (Å²) in [6.07, 6.45) is -0.887. The van der Waals surface area contributed by atoms with Crippen molar-refractivity contribution >= 4 is 11.8 Å². The number of rotatable bonds is 4. The van der Waals surface area contributed by atoms with Crippen LogP contribution in [0.2, 0.25) is 0 Å². The topological polar surface area (TPSA) is 63.6 Å². The number of hydrogen-bond acceptors (Lipinski definition) is 4. The first kappa shape index (κ1) is 14.8. The largest absolute Gasteiger partial charge is 0.508 e. The number of aryl methyl sites for hydroxylation is 1. The highest BCUT2D eigenvalue weighted by Crippen LogP contribution is 2.14. The fourth-order valence-electron chi connectivity index (χ4n) is 1.87. The molecule has 0 fully saturated rings. The average Bonchev–Trinajstić information content (AvgIpc) is 2.47. The molecule has 2 rings (SSSR count). The first-order valence-electron chi connectivity index (χ1n) is 6.58. The number of ketones is 1. The molecule has 0 spiro atoms. The third kappa shape index (κ3) is 3.69. The highest BCUT2D eigenvalue weighted by atomic mass is 16.5. The van der Waals surface area contributed by atoms with E-state index in [1.165, 1.54) is 25.1 Å². The molecule has 1 atom stereocenters. The molecule has 0 aliphatic rings. The van der Waals surface area contributed by atoms with Gasteiger partial charge in [-0.15, -0.1) is 0 Å². The molecule has 0 aromatic heterocycles. The van der Waals surface area contributed by atoms with Gasteiger partial charge in [-0.05, 0) is 32.0 Å². The van der Waals surface area contributed by atoms with E-state index in [1.807, 2.05) is 19.1 Å². The van der Waals surface area contributed by atoms with Gasteiger partial charge in [-0.25, -0.2) is 4.79 Å². The van der Waals surface area contributed by atoms with Crippen molar-refractivity contribution in [1.82, 2.24) is 0 Å². The molecule has 4 nitrogen and oxygen atoms in total. The summed E-state index contributed by atoms with van der Waals surface area (Å²) in [4.78, 5) is 24.1. The molecule has 21 heavy (non-hydrogen) atoms. The van der Waals surface area contributed by atoms with Crippen molar-refractivity contribution in [3.8, 4) is 5.75 Å². The third-order valence-corrected chi connectivity index (χ3v) is 3.07. The number of hydrogen-bond donors (Lipinski definition) is 1. The van der Waals surface area contributed by atoms with E-state index >= 15 is 0 Å². The van der Waals surface area contributed by atoms with Crippen LogP contribution >= 0.6 is 0 Å². The summed E-state index contributed by atoms with van der Waals surface area (Å²) in [6.45, 7) is 3.46. The molecule has 0 aliphatic carbocycles. The number of carbonyl (C=O) groups excluding carboxylic acids is 2. The molecule has 0 aliphatic heterocycles. The Morgan fingerprint density at radius 1 is 1.05 bits per heavy atom. The standard InChI is InChI=1S/C17H16O4/c1-11-6-8-13(9-7-11)16(19)12(2)21-17(20)14-4-3-5-15(18)10-14/h3-10,12,18H,1-2H3. The van der Waals surface area contributed by atoms with Crippen LogP contribution in [0.15, 0.2) is 48.5 Å². The van der Waals surface area contributed by atoms with Gasteiger partial charge in [-0.3, -0.25) is 4.79 Å². The van der Waals surface area contributed by atoms with Gasteiger partial charge in [0.15, 0.2) is 6.10 Å². The summed E-state index contributed by atoms with van der Waals surface area (Å²) in [5.74, 6) is -0.927. The maximum absolute atomic E-state index is 12.2. The Kier molecular flexibility index (Phi) is 4.38. The number of Topliss-reactive ketones (excluding diaryl/α,β-unsaturated/α-hetero) is 1. The van der Waals surface area contributed by atoms with Crippen molar-refractivity contribution in [2.45, 2.75) is 20.0 Å². The lowest BCUT2D eigenvalue weighted by Gasteiger charge is -2.12. The molecule has 0 bridgehead atoms. The van der Waals surface area contributed by atoms with Gasteiger partial charge < -0.3 is 9.84 Å². The minimum atomic E-state index is -0.887. The van der Waals surface area contributed by atoms with Gasteiger partial charge in [0.2, 0.25) is 5.78 Å². The van der Waals surface area contributed by atoms with E-state index < -0.39 is 12.1 Å². The summed E-state index contributed by atoms with van der Waals surface area (Å²) < 4.78 is 5.14. The number of benzene rings is 2. The number of carbonyl (C=O) groups is 2. The highest BCUT2D eigenvalue weighted by molar-refractivity contribution is 6.01. The van der Waals surface area contributed by atoms with Crippen LogP contribution in [0.3, 0.4) is 0 Å². The van der Waals surface area contributed by atoms with Crippen LogP contribution in [0.1, 0.15) is 33.2 Å². The van der Waals surface area contributed by atoms with Crippen molar-refractivity contribution in [2.75, 3.05) is 0 Å². The van der Waals surface area contributed by atoms with E-state index in [0.717, 1.165) is 5.56 Å². The Balaban J connectivity index is 2.07. The maximum Gasteiger partial charge on any atom is 0.338 e. The molecule has 2 aromatic carbocycles. The predicted molar refractivity (Wildman–Crippen MR) is 78.5 cm³/mol. The second kappa shape index (κ2) is 6.22. The van der Waals surface area contributed by atoms with E-state index in [1.54, 1.807) is 18.2 Å². The number of phenolic OH excluding ortho intramolecular Hbond substituents is 1. The average molecular weight is 284 g/mol. The molecular weight excluding hydrogens is 268 g/mol. The zero-order valence-electron chi connectivity index (χ0n) is 11.9.